The molecule has 1 aromatic rings. The summed E-state index contributed by atoms with van der Waals surface area (Å²) in [7, 11) is -3.56. The SMILES string of the molecule is CC1(C)CNCCN1S(=O)(=O)c1ccc(Cl)c(Cl)c1. The van der Waals surface area contributed by atoms with Gasteiger partial charge in [0.25, 0.3) is 0 Å². The Labute approximate surface area is 123 Å². The number of sulfonamides is 1. The first-order chi connectivity index (χ1) is 8.75. The maximum Gasteiger partial charge on any atom is 0.243 e. The molecule has 1 aliphatic rings. The van der Waals surface area contributed by atoms with E-state index in [1.165, 1.54) is 22.5 Å². The Hall–Kier alpha value is -0.330. The number of piperazine rings is 1. The van der Waals surface area contributed by atoms with Gasteiger partial charge in [-0.05, 0) is 32.0 Å². The lowest BCUT2D eigenvalue weighted by Gasteiger charge is -2.41. The van der Waals surface area contributed by atoms with E-state index in [2.05, 4.69) is 5.32 Å². The van der Waals surface area contributed by atoms with Crippen LogP contribution in [0.1, 0.15) is 13.8 Å². The summed E-state index contributed by atoms with van der Waals surface area (Å²) in [6.45, 7) is 5.50. The highest BCUT2D eigenvalue weighted by molar-refractivity contribution is 7.89. The molecule has 1 aliphatic heterocycles. The molecule has 0 unspecified atom stereocenters. The fourth-order valence-corrected chi connectivity index (χ4v) is 4.35. The van der Waals surface area contributed by atoms with E-state index in [9.17, 15) is 8.42 Å². The molecule has 0 aromatic heterocycles. The third-order valence-corrected chi connectivity index (χ3v) is 6.05. The van der Waals surface area contributed by atoms with Crippen LogP contribution in [0.5, 0.6) is 0 Å². The second-order valence-corrected chi connectivity index (χ2v) is 7.82. The fraction of sp³-hybridized carbons (Fsp3) is 0.500. The van der Waals surface area contributed by atoms with Crippen molar-refractivity contribution in [3.05, 3.63) is 28.2 Å². The van der Waals surface area contributed by atoms with Crippen molar-refractivity contribution in [1.29, 1.82) is 0 Å². The summed E-state index contributed by atoms with van der Waals surface area (Å²) in [6, 6.07) is 4.39. The number of hydrogen-bond donors (Lipinski definition) is 1. The molecule has 0 amide bonds. The molecule has 1 saturated heterocycles. The summed E-state index contributed by atoms with van der Waals surface area (Å²) in [6.07, 6.45) is 0. The van der Waals surface area contributed by atoms with E-state index in [1.54, 1.807) is 0 Å². The second-order valence-electron chi connectivity index (χ2n) is 5.14. The number of halogens is 2. The first-order valence-corrected chi connectivity index (χ1v) is 8.13. The topological polar surface area (TPSA) is 49.4 Å². The van der Waals surface area contributed by atoms with E-state index in [-0.39, 0.29) is 9.92 Å². The minimum atomic E-state index is -3.56. The van der Waals surface area contributed by atoms with Gasteiger partial charge in [0.15, 0.2) is 0 Å². The van der Waals surface area contributed by atoms with Gasteiger partial charge in [0.05, 0.1) is 14.9 Å². The van der Waals surface area contributed by atoms with Crippen molar-refractivity contribution < 1.29 is 8.42 Å². The van der Waals surface area contributed by atoms with E-state index < -0.39 is 15.6 Å². The average molecular weight is 323 g/mol. The number of nitrogens with zero attached hydrogens (tertiary/aromatic N) is 1. The van der Waals surface area contributed by atoms with Gasteiger partial charge in [0.2, 0.25) is 10.0 Å². The zero-order valence-electron chi connectivity index (χ0n) is 10.8. The maximum atomic E-state index is 12.7. The van der Waals surface area contributed by atoms with Crippen LogP contribution in [0.15, 0.2) is 23.1 Å². The van der Waals surface area contributed by atoms with E-state index >= 15 is 0 Å². The van der Waals surface area contributed by atoms with Gasteiger partial charge in [-0.2, -0.15) is 4.31 Å². The lowest BCUT2D eigenvalue weighted by Crippen LogP contribution is -2.59. The van der Waals surface area contributed by atoms with Gasteiger partial charge >= 0.3 is 0 Å². The van der Waals surface area contributed by atoms with Crippen LogP contribution in [0, 0.1) is 0 Å². The Bertz CT molecular complexity index is 587. The quantitative estimate of drug-likeness (QED) is 0.909. The minimum absolute atomic E-state index is 0.178. The summed E-state index contributed by atoms with van der Waals surface area (Å²) in [4.78, 5) is 0.178. The molecule has 106 valence electrons. The van der Waals surface area contributed by atoms with Gasteiger partial charge < -0.3 is 5.32 Å². The molecular formula is C12H16Cl2N2O2S. The Morgan fingerprint density at radius 1 is 1.26 bits per heavy atom. The molecule has 19 heavy (non-hydrogen) atoms. The van der Waals surface area contributed by atoms with Crippen molar-refractivity contribution in [2.24, 2.45) is 0 Å². The number of nitrogens with one attached hydrogen (secondary N) is 1. The molecule has 1 N–H and O–H groups in total. The minimum Gasteiger partial charge on any atom is -0.314 e. The van der Waals surface area contributed by atoms with Gasteiger partial charge in [-0.25, -0.2) is 8.42 Å². The van der Waals surface area contributed by atoms with Gasteiger partial charge in [0, 0.05) is 25.2 Å². The van der Waals surface area contributed by atoms with Crippen LogP contribution in [0.2, 0.25) is 10.0 Å². The van der Waals surface area contributed by atoms with Crippen molar-refractivity contribution in [3.63, 3.8) is 0 Å². The highest BCUT2D eigenvalue weighted by Gasteiger charge is 2.39. The molecule has 0 atom stereocenters. The highest BCUT2D eigenvalue weighted by Crippen LogP contribution is 2.30. The Balaban J connectivity index is 2.44. The Morgan fingerprint density at radius 2 is 1.95 bits per heavy atom. The van der Waals surface area contributed by atoms with Crippen LogP contribution in [-0.2, 0) is 10.0 Å². The summed E-state index contributed by atoms with van der Waals surface area (Å²) in [5.74, 6) is 0. The summed E-state index contributed by atoms with van der Waals surface area (Å²) in [5, 5.41) is 3.79. The van der Waals surface area contributed by atoms with Crippen molar-refractivity contribution in [1.82, 2.24) is 9.62 Å². The number of rotatable bonds is 2. The lowest BCUT2D eigenvalue weighted by atomic mass is 10.0. The van der Waals surface area contributed by atoms with E-state index in [4.69, 9.17) is 23.2 Å². The molecular weight excluding hydrogens is 307 g/mol. The van der Waals surface area contributed by atoms with E-state index in [0.717, 1.165) is 0 Å². The fourth-order valence-electron chi connectivity index (χ4n) is 2.18. The molecule has 0 saturated carbocycles. The van der Waals surface area contributed by atoms with Crippen LogP contribution in [0.3, 0.4) is 0 Å². The van der Waals surface area contributed by atoms with E-state index in [0.29, 0.717) is 24.7 Å². The molecule has 0 spiro atoms. The third-order valence-electron chi connectivity index (χ3n) is 3.20. The summed E-state index contributed by atoms with van der Waals surface area (Å²) >= 11 is 11.7. The third kappa shape index (κ3) is 2.90. The van der Waals surface area contributed by atoms with Crippen LogP contribution in [0.25, 0.3) is 0 Å². The van der Waals surface area contributed by atoms with Crippen LogP contribution >= 0.6 is 23.2 Å². The Kier molecular flexibility index (Phi) is 4.14. The average Bonchev–Trinajstić information content (AvgIpc) is 2.31. The van der Waals surface area contributed by atoms with Crippen molar-refractivity contribution in [2.45, 2.75) is 24.3 Å². The first-order valence-electron chi connectivity index (χ1n) is 5.94. The van der Waals surface area contributed by atoms with Crippen LogP contribution < -0.4 is 5.32 Å². The largest absolute Gasteiger partial charge is 0.314 e. The number of benzene rings is 1. The molecule has 7 heteroatoms. The van der Waals surface area contributed by atoms with Crippen molar-refractivity contribution >= 4 is 33.2 Å². The molecule has 1 heterocycles. The highest BCUT2D eigenvalue weighted by atomic mass is 35.5. The van der Waals surface area contributed by atoms with Crippen LogP contribution in [-0.4, -0.2) is 37.9 Å². The molecule has 2 rings (SSSR count). The monoisotopic (exact) mass is 322 g/mol. The van der Waals surface area contributed by atoms with E-state index in [1.807, 2.05) is 13.8 Å². The summed E-state index contributed by atoms with van der Waals surface area (Å²) in [5.41, 5.74) is -0.469. The molecule has 0 aliphatic carbocycles. The predicted octanol–water partition coefficient (Wildman–Crippen LogP) is 2.37. The standard InChI is InChI=1S/C12H16Cl2N2O2S/c1-12(2)8-15-5-6-16(12)19(17,18)9-3-4-10(13)11(14)7-9/h3-4,7,15H,5-6,8H2,1-2H3. The zero-order valence-corrected chi connectivity index (χ0v) is 13.1. The second kappa shape index (κ2) is 5.22. The molecule has 0 bridgehead atoms. The van der Waals surface area contributed by atoms with Gasteiger partial charge in [0.1, 0.15) is 0 Å². The maximum absolute atomic E-state index is 12.7. The lowest BCUT2D eigenvalue weighted by molar-refractivity contribution is 0.186. The van der Waals surface area contributed by atoms with Crippen LogP contribution in [0.4, 0.5) is 0 Å². The normalized spacial score (nSPS) is 20.4. The zero-order chi connectivity index (χ0) is 14.3. The summed E-state index contributed by atoms with van der Waals surface area (Å²) < 4.78 is 26.8. The first kappa shape index (κ1) is 15.1. The number of hydrogen-bond acceptors (Lipinski definition) is 3. The molecule has 1 fully saturated rings. The van der Waals surface area contributed by atoms with Gasteiger partial charge in [-0.15, -0.1) is 0 Å². The van der Waals surface area contributed by atoms with Crippen molar-refractivity contribution in [2.75, 3.05) is 19.6 Å². The molecule has 4 nitrogen and oxygen atoms in total. The molecule has 1 aromatic carbocycles. The Morgan fingerprint density at radius 3 is 2.53 bits per heavy atom. The molecule has 0 radical (unpaired) electrons. The van der Waals surface area contributed by atoms with Gasteiger partial charge in [-0.1, -0.05) is 23.2 Å². The van der Waals surface area contributed by atoms with Crippen molar-refractivity contribution in [3.8, 4) is 0 Å². The predicted molar refractivity (Wildman–Crippen MR) is 77.3 cm³/mol. The van der Waals surface area contributed by atoms with Gasteiger partial charge in [-0.3, -0.25) is 0 Å². The smallest absolute Gasteiger partial charge is 0.243 e.